The third-order valence-electron chi connectivity index (χ3n) is 5.69. The Hall–Kier alpha value is -3.67. The highest BCUT2D eigenvalue weighted by atomic mass is 19.4. The Morgan fingerprint density at radius 2 is 2.00 bits per heavy atom. The Bertz CT molecular complexity index is 1280. The summed E-state index contributed by atoms with van der Waals surface area (Å²) in [5, 5.41) is 17.2. The zero-order valence-electron chi connectivity index (χ0n) is 17.7. The van der Waals surface area contributed by atoms with Gasteiger partial charge in [-0.05, 0) is 17.7 Å². The first-order valence-electron chi connectivity index (χ1n) is 10.3. The molecule has 0 spiro atoms. The van der Waals surface area contributed by atoms with Gasteiger partial charge in [-0.25, -0.2) is 4.98 Å². The maximum Gasteiger partial charge on any atom is 0.433 e. The Kier molecular flexibility index (Phi) is 5.16. The lowest BCUT2D eigenvalue weighted by atomic mass is 10.2. The molecule has 0 fully saturated rings. The standard InChI is InChI=1S/C21H21F3N8O/c1-30-15(12-33)11-31-5-4-16-18(31)19(30)29-20(28-16)26-7-14-8-27-32(10-14)9-13-2-3-17(25-6-13)21(22,23)24/h2-6,8,10,15,33H,7,9,11-12H2,1H3,(H,26,28,29). The zero-order chi connectivity index (χ0) is 23.2. The van der Waals surface area contributed by atoms with Gasteiger partial charge in [0.15, 0.2) is 5.82 Å². The number of anilines is 2. The van der Waals surface area contributed by atoms with Crippen molar-refractivity contribution in [2.75, 3.05) is 23.9 Å². The van der Waals surface area contributed by atoms with Gasteiger partial charge >= 0.3 is 6.18 Å². The van der Waals surface area contributed by atoms with Crippen LogP contribution in [0.2, 0.25) is 0 Å². The number of likely N-dealkylation sites (N-methyl/N-ethyl adjacent to an activating group) is 1. The number of aromatic nitrogens is 6. The molecule has 0 saturated carbocycles. The highest BCUT2D eigenvalue weighted by Crippen LogP contribution is 2.31. The van der Waals surface area contributed by atoms with Crippen molar-refractivity contribution in [2.24, 2.45) is 0 Å². The maximum atomic E-state index is 12.7. The molecule has 0 bridgehead atoms. The first-order valence-corrected chi connectivity index (χ1v) is 10.3. The van der Waals surface area contributed by atoms with Gasteiger partial charge in [0.1, 0.15) is 11.2 Å². The van der Waals surface area contributed by atoms with Gasteiger partial charge < -0.3 is 19.9 Å². The molecule has 4 aromatic heterocycles. The molecule has 1 atom stereocenters. The molecule has 4 aromatic rings. The van der Waals surface area contributed by atoms with Crippen molar-refractivity contribution in [3.8, 4) is 0 Å². The second kappa shape index (κ2) is 8.03. The number of pyridine rings is 1. The molecule has 12 heteroatoms. The first-order chi connectivity index (χ1) is 15.8. The van der Waals surface area contributed by atoms with Crippen LogP contribution in [0.1, 0.15) is 16.8 Å². The van der Waals surface area contributed by atoms with Gasteiger partial charge in [-0.3, -0.25) is 9.67 Å². The summed E-state index contributed by atoms with van der Waals surface area (Å²) in [6.07, 6.45) is 2.18. The minimum Gasteiger partial charge on any atom is -0.394 e. The highest BCUT2D eigenvalue weighted by Gasteiger charge is 2.32. The molecule has 0 aliphatic carbocycles. The lowest BCUT2D eigenvalue weighted by Gasteiger charge is -2.33. The van der Waals surface area contributed by atoms with Crippen LogP contribution in [0, 0.1) is 0 Å². The van der Waals surface area contributed by atoms with Gasteiger partial charge in [0, 0.05) is 44.3 Å². The quantitative estimate of drug-likeness (QED) is 0.458. The largest absolute Gasteiger partial charge is 0.433 e. The normalized spacial score (nSPS) is 15.9. The second-order valence-corrected chi connectivity index (χ2v) is 7.97. The molecule has 0 amide bonds. The predicted octanol–water partition coefficient (Wildman–Crippen LogP) is 2.51. The number of hydrogen-bond acceptors (Lipinski definition) is 7. The van der Waals surface area contributed by atoms with E-state index >= 15 is 0 Å². The van der Waals surface area contributed by atoms with E-state index in [9.17, 15) is 18.3 Å². The number of nitrogens with one attached hydrogen (secondary N) is 1. The molecule has 0 radical (unpaired) electrons. The molecule has 0 aromatic carbocycles. The smallest absolute Gasteiger partial charge is 0.394 e. The van der Waals surface area contributed by atoms with E-state index < -0.39 is 11.9 Å². The summed E-state index contributed by atoms with van der Waals surface area (Å²) in [6.45, 7) is 1.42. The van der Waals surface area contributed by atoms with Crippen LogP contribution < -0.4 is 10.2 Å². The van der Waals surface area contributed by atoms with Gasteiger partial charge in [0.25, 0.3) is 0 Å². The lowest BCUT2D eigenvalue weighted by Crippen LogP contribution is -2.41. The van der Waals surface area contributed by atoms with E-state index in [4.69, 9.17) is 0 Å². The SMILES string of the molecule is CN1c2nc(NCc3cnn(Cc4ccc(C(F)(F)F)nc4)c3)nc3ccn(c23)CC1CO. The zero-order valence-corrected chi connectivity index (χ0v) is 17.7. The van der Waals surface area contributed by atoms with Crippen LogP contribution in [0.5, 0.6) is 0 Å². The van der Waals surface area contributed by atoms with Crippen LogP contribution in [-0.4, -0.2) is 54.1 Å². The van der Waals surface area contributed by atoms with Crippen molar-refractivity contribution in [3.05, 3.63) is 59.8 Å². The van der Waals surface area contributed by atoms with Gasteiger partial charge in [0.2, 0.25) is 5.95 Å². The Morgan fingerprint density at radius 1 is 1.15 bits per heavy atom. The van der Waals surface area contributed by atoms with E-state index in [1.165, 1.54) is 12.3 Å². The van der Waals surface area contributed by atoms with E-state index in [1.807, 2.05) is 24.2 Å². The topological polar surface area (TPSA) is 96.9 Å². The van der Waals surface area contributed by atoms with Crippen LogP contribution >= 0.6 is 0 Å². The fourth-order valence-electron chi connectivity index (χ4n) is 3.90. The number of rotatable bonds is 6. The van der Waals surface area contributed by atoms with Gasteiger partial charge in [0.05, 0.1) is 30.9 Å². The molecular formula is C21H21F3N8O. The summed E-state index contributed by atoms with van der Waals surface area (Å²) in [7, 11) is 1.91. The molecule has 9 nitrogen and oxygen atoms in total. The molecule has 5 heterocycles. The van der Waals surface area contributed by atoms with Crippen LogP contribution in [0.25, 0.3) is 11.0 Å². The molecule has 2 N–H and O–H groups in total. The molecule has 5 rings (SSSR count). The molecule has 0 saturated heterocycles. The van der Waals surface area contributed by atoms with Gasteiger partial charge in [-0.15, -0.1) is 0 Å². The molecule has 1 unspecified atom stereocenters. The number of alkyl halides is 3. The van der Waals surface area contributed by atoms with E-state index in [0.717, 1.165) is 28.5 Å². The van der Waals surface area contributed by atoms with Crippen molar-refractivity contribution >= 4 is 22.8 Å². The summed E-state index contributed by atoms with van der Waals surface area (Å²) in [4.78, 5) is 14.7. The average molecular weight is 458 g/mol. The number of nitrogens with zero attached hydrogens (tertiary/aromatic N) is 7. The fraction of sp³-hybridized carbons (Fsp3) is 0.333. The Morgan fingerprint density at radius 3 is 2.73 bits per heavy atom. The minimum absolute atomic E-state index is 0.0238. The number of aliphatic hydroxyl groups excluding tert-OH is 1. The van der Waals surface area contributed by atoms with E-state index in [1.54, 1.807) is 17.1 Å². The summed E-state index contributed by atoms with van der Waals surface area (Å²) >= 11 is 0. The van der Waals surface area contributed by atoms with Crippen molar-refractivity contribution < 1.29 is 18.3 Å². The number of aliphatic hydroxyl groups is 1. The third kappa shape index (κ3) is 4.09. The van der Waals surface area contributed by atoms with Crippen molar-refractivity contribution in [2.45, 2.75) is 31.9 Å². The molecular weight excluding hydrogens is 437 g/mol. The molecule has 172 valence electrons. The summed E-state index contributed by atoms with van der Waals surface area (Å²) in [5.74, 6) is 1.21. The molecule has 1 aliphatic heterocycles. The van der Waals surface area contributed by atoms with Gasteiger partial charge in [-0.1, -0.05) is 6.07 Å². The van der Waals surface area contributed by atoms with Crippen LogP contribution in [0.15, 0.2) is 43.0 Å². The van der Waals surface area contributed by atoms with Crippen molar-refractivity contribution in [1.29, 1.82) is 0 Å². The van der Waals surface area contributed by atoms with Crippen LogP contribution in [0.3, 0.4) is 0 Å². The van der Waals surface area contributed by atoms with Crippen molar-refractivity contribution in [1.82, 2.24) is 29.3 Å². The fourth-order valence-corrected chi connectivity index (χ4v) is 3.90. The highest BCUT2D eigenvalue weighted by molar-refractivity contribution is 5.89. The van der Waals surface area contributed by atoms with Crippen molar-refractivity contribution in [3.63, 3.8) is 0 Å². The van der Waals surface area contributed by atoms with E-state index in [-0.39, 0.29) is 12.6 Å². The second-order valence-electron chi connectivity index (χ2n) is 7.97. The summed E-state index contributed by atoms with van der Waals surface area (Å²) in [5.41, 5.74) is 2.32. The third-order valence-corrected chi connectivity index (χ3v) is 5.69. The van der Waals surface area contributed by atoms with Gasteiger partial charge in [-0.2, -0.15) is 23.3 Å². The van der Waals surface area contributed by atoms with E-state index in [0.29, 0.717) is 31.1 Å². The lowest BCUT2D eigenvalue weighted by molar-refractivity contribution is -0.141. The van der Waals surface area contributed by atoms with Crippen LogP contribution in [0.4, 0.5) is 24.9 Å². The molecule has 33 heavy (non-hydrogen) atoms. The van der Waals surface area contributed by atoms with Crippen LogP contribution in [-0.2, 0) is 25.8 Å². The summed E-state index contributed by atoms with van der Waals surface area (Å²) in [6, 6.07) is 4.22. The molecule has 1 aliphatic rings. The summed E-state index contributed by atoms with van der Waals surface area (Å²) < 4.78 is 41.7. The Labute approximate surface area is 186 Å². The first kappa shape index (κ1) is 21.2. The number of halogens is 3. The maximum absolute atomic E-state index is 12.7. The number of hydrogen-bond donors (Lipinski definition) is 2. The van der Waals surface area contributed by atoms with E-state index in [2.05, 4.69) is 29.9 Å². The predicted molar refractivity (Wildman–Crippen MR) is 115 cm³/mol. The minimum atomic E-state index is -4.46. The Balaban J connectivity index is 1.28. The monoisotopic (exact) mass is 458 g/mol. The average Bonchev–Trinajstić information content (AvgIpc) is 3.41.